The monoisotopic (exact) mass is 454 g/mol. The zero-order valence-corrected chi connectivity index (χ0v) is 17.7. The summed E-state index contributed by atoms with van der Waals surface area (Å²) in [5.41, 5.74) is -0.0383. The first-order valence-corrected chi connectivity index (χ1v) is 10.2. The van der Waals surface area contributed by atoms with Crippen LogP contribution in [0.3, 0.4) is 0 Å². The molecule has 0 aliphatic carbocycles. The van der Waals surface area contributed by atoms with Gasteiger partial charge >= 0.3 is 6.03 Å². The molecule has 7 nitrogen and oxygen atoms in total. The standard InChI is InChI=1S/C22H15ClN2O5S/c1-29-18-9-7-13(11-17(18)23)25-21(27)16(20(26)24-22(25)28)12-14-8-10-19(30-14)31-15-5-3-2-4-6-15/h2-12H,1H3,(H,24,26,28). The van der Waals surface area contributed by atoms with Crippen molar-refractivity contribution < 1.29 is 23.5 Å². The van der Waals surface area contributed by atoms with Crippen LogP contribution in [0.5, 0.6) is 5.75 Å². The van der Waals surface area contributed by atoms with Gasteiger partial charge in [-0.25, -0.2) is 9.69 Å². The number of carbonyl (C=O) groups excluding carboxylic acids is 3. The molecular weight excluding hydrogens is 440 g/mol. The number of benzene rings is 2. The van der Waals surface area contributed by atoms with Gasteiger partial charge in [0.15, 0.2) is 5.09 Å². The molecule has 1 saturated heterocycles. The van der Waals surface area contributed by atoms with Crippen LogP contribution in [-0.4, -0.2) is 25.0 Å². The van der Waals surface area contributed by atoms with E-state index in [0.717, 1.165) is 9.80 Å². The summed E-state index contributed by atoms with van der Waals surface area (Å²) < 4.78 is 10.8. The maximum atomic E-state index is 13.0. The molecule has 2 heterocycles. The summed E-state index contributed by atoms with van der Waals surface area (Å²) in [4.78, 5) is 39.4. The normalized spacial score (nSPS) is 15.4. The second-order valence-corrected chi connectivity index (χ2v) is 7.83. The predicted molar refractivity (Wildman–Crippen MR) is 116 cm³/mol. The van der Waals surface area contributed by atoms with Crippen LogP contribution in [0, 0.1) is 0 Å². The quantitative estimate of drug-likeness (QED) is 0.441. The highest BCUT2D eigenvalue weighted by molar-refractivity contribution is 7.99. The third-order valence-corrected chi connectivity index (χ3v) is 5.57. The Morgan fingerprint density at radius 3 is 2.55 bits per heavy atom. The van der Waals surface area contributed by atoms with Crippen molar-refractivity contribution in [1.82, 2.24) is 5.32 Å². The summed E-state index contributed by atoms with van der Waals surface area (Å²) in [6, 6.07) is 16.6. The number of imide groups is 2. The van der Waals surface area contributed by atoms with E-state index in [9.17, 15) is 14.4 Å². The number of furan rings is 1. The molecule has 156 valence electrons. The fraction of sp³-hybridized carbons (Fsp3) is 0.0455. The molecule has 1 aromatic heterocycles. The van der Waals surface area contributed by atoms with Crippen LogP contribution < -0.4 is 15.0 Å². The van der Waals surface area contributed by atoms with Crippen LogP contribution in [0.15, 0.2) is 80.6 Å². The van der Waals surface area contributed by atoms with Crippen molar-refractivity contribution in [2.45, 2.75) is 9.99 Å². The minimum Gasteiger partial charge on any atom is -0.495 e. The smallest absolute Gasteiger partial charge is 0.335 e. The number of carbonyl (C=O) groups is 3. The Hall–Kier alpha value is -3.49. The van der Waals surface area contributed by atoms with E-state index in [1.165, 1.54) is 43.1 Å². The fourth-order valence-electron chi connectivity index (χ4n) is 2.90. The first kappa shape index (κ1) is 20.8. The minimum absolute atomic E-state index is 0.200. The molecule has 2 aromatic carbocycles. The largest absolute Gasteiger partial charge is 0.495 e. The first-order chi connectivity index (χ1) is 15.0. The van der Waals surface area contributed by atoms with E-state index in [-0.39, 0.29) is 16.3 Å². The summed E-state index contributed by atoms with van der Waals surface area (Å²) >= 11 is 7.52. The van der Waals surface area contributed by atoms with Gasteiger partial charge in [-0.05, 0) is 48.5 Å². The Balaban J connectivity index is 1.61. The van der Waals surface area contributed by atoms with E-state index in [1.807, 2.05) is 30.3 Å². The van der Waals surface area contributed by atoms with Crippen molar-refractivity contribution >= 4 is 53.0 Å². The van der Waals surface area contributed by atoms with Crippen LogP contribution >= 0.6 is 23.4 Å². The van der Waals surface area contributed by atoms with Crippen molar-refractivity contribution in [3.05, 3.63) is 77.0 Å². The first-order valence-electron chi connectivity index (χ1n) is 9.04. The maximum absolute atomic E-state index is 13.0. The molecule has 0 radical (unpaired) electrons. The number of hydrogen-bond donors (Lipinski definition) is 1. The lowest BCUT2D eigenvalue weighted by atomic mass is 10.1. The average molecular weight is 455 g/mol. The number of rotatable bonds is 5. The molecule has 1 N–H and O–H groups in total. The topological polar surface area (TPSA) is 88.8 Å². The predicted octanol–water partition coefficient (Wildman–Crippen LogP) is 4.76. The van der Waals surface area contributed by atoms with Crippen LogP contribution in [0.2, 0.25) is 5.02 Å². The van der Waals surface area contributed by atoms with Gasteiger partial charge in [0.05, 0.1) is 17.8 Å². The van der Waals surface area contributed by atoms with Gasteiger partial charge < -0.3 is 9.15 Å². The molecule has 3 aromatic rings. The molecule has 0 atom stereocenters. The van der Waals surface area contributed by atoms with Gasteiger partial charge in [-0.3, -0.25) is 14.9 Å². The van der Waals surface area contributed by atoms with Crippen molar-refractivity contribution in [3.8, 4) is 5.75 Å². The van der Waals surface area contributed by atoms with Gasteiger partial charge in [-0.2, -0.15) is 0 Å². The van der Waals surface area contributed by atoms with Gasteiger partial charge in [-0.1, -0.05) is 41.6 Å². The highest BCUT2D eigenvalue weighted by Crippen LogP contribution is 2.32. The zero-order valence-electron chi connectivity index (χ0n) is 16.1. The van der Waals surface area contributed by atoms with E-state index in [2.05, 4.69) is 5.32 Å². The molecule has 1 fully saturated rings. The van der Waals surface area contributed by atoms with Crippen LogP contribution in [0.4, 0.5) is 10.5 Å². The Labute approximate surface area is 186 Å². The van der Waals surface area contributed by atoms with Crippen molar-refractivity contribution in [1.29, 1.82) is 0 Å². The fourth-order valence-corrected chi connectivity index (χ4v) is 3.95. The summed E-state index contributed by atoms with van der Waals surface area (Å²) in [6.07, 6.45) is 1.30. The number of amides is 4. The number of urea groups is 1. The van der Waals surface area contributed by atoms with E-state index in [4.69, 9.17) is 20.8 Å². The van der Waals surface area contributed by atoms with Gasteiger partial charge in [0.1, 0.15) is 17.1 Å². The summed E-state index contributed by atoms with van der Waals surface area (Å²) in [5, 5.41) is 2.97. The third-order valence-electron chi connectivity index (χ3n) is 4.35. The Morgan fingerprint density at radius 1 is 1.06 bits per heavy atom. The van der Waals surface area contributed by atoms with E-state index in [0.29, 0.717) is 16.6 Å². The molecule has 1 aliphatic heterocycles. The molecule has 31 heavy (non-hydrogen) atoms. The summed E-state index contributed by atoms with van der Waals surface area (Å²) in [5.74, 6) is -0.900. The number of barbiturate groups is 1. The molecule has 0 saturated carbocycles. The Kier molecular flexibility index (Phi) is 5.83. The van der Waals surface area contributed by atoms with Crippen molar-refractivity contribution in [2.24, 2.45) is 0 Å². The molecule has 4 amide bonds. The second-order valence-electron chi connectivity index (χ2n) is 6.35. The number of hydrogen-bond acceptors (Lipinski definition) is 6. The number of ether oxygens (including phenoxy) is 1. The van der Waals surface area contributed by atoms with Crippen LogP contribution in [-0.2, 0) is 9.59 Å². The van der Waals surface area contributed by atoms with Crippen LogP contribution in [0.25, 0.3) is 6.08 Å². The molecule has 0 bridgehead atoms. The van der Waals surface area contributed by atoms with Crippen LogP contribution in [0.1, 0.15) is 5.76 Å². The molecule has 1 aliphatic rings. The molecule has 0 spiro atoms. The SMILES string of the molecule is COc1ccc(N2C(=O)NC(=O)C(=Cc3ccc(Sc4ccccc4)o3)C2=O)cc1Cl. The van der Waals surface area contributed by atoms with Gasteiger partial charge in [0.2, 0.25) is 0 Å². The van der Waals surface area contributed by atoms with Crippen molar-refractivity contribution in [3.63, 3.8) is 0 Å². The van der Waals surface area contributed by atoms with Gasteiger partial charge in [0.25, 0.3) is 11.8 Å². The van der Waals surface area contributed by atoms with E-state index in [1.54, 1.807) is 12.1 Å². The van der Waals surface area contributed by atoms with Gasteiger partial charge in [0, 0.05) is 4.90 Å². The summed E-state index contributed by atoms with van der Waals surface area (Å²) in [7, 11) is 1.45. The summed E-state index contributed by atoms with van der Waals surface area (Å²) in [6.45, 7) is 0. The number of nitrogens with zero attached hydrogens (tertiary/aromatic N) is 1. The van der Waals surface area contributed by atoms with E-state index >= 15 is 0 Å². The van der Waals surface area contributed by atoms with Crippen molar-refractivity contribution in [2.75, 3.05) is 12.0 Å². The third kappa shape index (κ3) is 4.35. The number of anilines is 1. The molecular formula is C22H15ClN2O5S. The minimum atomic E-state index is -0.867. The van der Waals surface area contributed by atoms with E-state index < -0.39 is 17.8 Å². The maximum Gasteiger partial charge on any atom is 0.335 e. The Morgan fingerprint density at radius 2 is 1.84 bits per heavy atom. The number of halogens is 1. The second kappa shape index (κ2) is 8.71. The lowest BCUT2D eigenvalue weighted by molar-refractivity contribution is -0.122. The highest BCUT2D eigenvalue weighted by atomic mass is 35.5. The zero-order chi connectivity index (χ0) is 22.0. The van der Waals surface area contributed by atoms with Gasteiger partial charge in [-0.15, -0.1) is 0 Å². The molecule has 4 rings (SSSR count). The lowest BCUT2D eigenvalue weighted by Gasteiger charge is -2.26. The lowest BCUT2D eigenvalue weighted by Crippen LogP contribution is -2.54. The Bertz CT molecular complexity index is 1210. The molecule has 0 unspecified atom stereocenters. The number of nitrogens with one attached hydrogen (secondary N) is 1. The highest BCUT2D eigenvalue weighted by Gasteiger charge is 2.37. The molecule has 9 heteroatoms. The average Bonchev–Trinajstić information content (AvgIpc) is 3.19. The number of methoxy groups -OCH3 is 1.